The predicted molar refractivity (Wildman–Crippen MR) is 114 cm³/mol. The van der Waals surface area contributed by atoms with Gasteiger partial charge in [0.15, 0.2) is 0 Å². The summed E-state index contributed by atoms with van der Waals surface area (Å²) in [6.45, 7) is 4.32. The first kappa shape index (κ1) is 18.4. The van der Waals surface area contributed by atoms with E-state index in [1.807, 2.05) is 31.5 Å². The van der Waals surface area contributed by atoms with Crippen molar-refractivity contribution in [1.29, 1.82) is 0 Å². The van der Waals surface area contributed by atoms with E-state index in [0.29, 0.717) is 18.8 Å². The van der Waals surface area contributed by atoms with Gasteiger partial charge in [0.25, 0.3) is 5.56 Å². The molecule has 4 aromatic rings. The summed E-state index contributed by atoms with van der Waals surface area (Å²) in [6, 6.07) is 12.2. The Hall–Kier alpha value is -3.58. The highest BCUT2D eigenvalue weighted by molar-refractivity contribution is 5.54. The Morgan fingerprint density at radius 2 is 1.87 bits per heavy atom. The summed E-state index contributed by atoms with van der Waals surface area (Å²) in [4.78, 5) is 30.9. The third kappa shape index (κ3) is 3.55. The van der Waals surface area contributed by atoms with Crippen LogP contribution in [-0.4, -0.2) is 35.9 Å². The number of nitrogens with one attached hydrogen (secondary N) is 1. The molecule has 0 aliphatic carbocycles. The van der Waals surface area contributed by atoms with Gasteiger partial charge in [0, 0.05) is 61.2 Å². The molecule has 1 aliphatic rings. The standard InChI is InChI=1S/C23H22N6O/c1-16-25-11-13-29(16)19-4-2-17(3-5-19)14-28-12-8-20-21(15-28)26-22(27-23(20)30)18-6-9-24-10-7-18/h2-7,9-11,13H,8,12,14-15H2,1H3,(H,26,27,30). The largest absolute Gasteiger partial charge is 0.306 e. The molecule has 0 saturated heterocycles. The van der Waals surface area contributed by atoms with Gasteiger partial charge < -0.3 is 9.55 Å². The van der Waals surface area contributed by atoms with E-state index < -0.39 is 0 Å². The van der Waals surface area contributed by atoms with Crippen molar-refractivity contribution in [1.82, 2.24) is 29.4 Å². The highest BCUT2D eigenvalue weighted by Crippen LogP contribution is 2.20. The zero-order valence-electron chi connectivity index (χ0n) is 16.7. The minimum absolute atomic E-state index is 0.0356. The van der Waals surface area contributed by atoms with Gasteiger partial charge in [0.2, 0.25) is 0 Å². The number of hydrogen-bond donors (Lipinski definition) is 1. The molecule has 30 heavy (non-hydrogen) atoms. The molecule has 0 fully saturated rings. The van der Waals surface area contributed by atoms with Crippen molar-refractivity contribution >= 4 is 0 Å². The van der Waals surface area contributed by atoms with E-state index in [1.54, 1.807) is 12.4 Å². The Kier molecular flexibility index (Phi) is 4.72. The van der Waals surface area contributed by atoms with E-state index in [-0.39, 0.29) is 5.56 Å². The molecule has 7 heteroatoms. The molecule has 5 rings (SSSR count). The average molecular weight is 398 g/mol. The molecule has 0 saturated carbocycles. The molecule has 4 heterocycles. The number of H-pyrrole nitrogens is 1. The Balaban J connectivity index is 1.35. The molecule has 0 spiro atoms. The third-order valence-electron chi connectivity index (χ3n) is 5.55. The van der Waals surface area contributed by atoms with Gasteiger partial charge >= 0.3 is 0 Å². The molecule has 0 atom stereocenters. The van der Waals surface area contributed by atoms with Crippen molar-refractivity contribution in [2.24, 2.45) is 0 Å². The van der Waals surface area contributed by atoms with E-state index in [9.17, 15) is 4.79 Å². The third-order valence-corrected chi connectivity index (χ3v) is 5.55. The number of aromatic nitrogens is 5. The minimum Gasteiger partial charge on any atom is -0.306 e. The van der Waals surface area contributed by atoms with Crippen molar-refractivity contribution < 1.29 is 0 Å². The van der Waals surface area contributed by atoms with Crippen molar-refractivity contribution in [3.63, 3.8) is 0 Å². The Labute approximate surface area is 174 Å². The summed E-state index contributed by atoms with van der Waals surface area (Å²) in [5.41, 5.74) is 4.84. The van der Waals surface area contributed by atoms with Crippen molar-refractivity contribution in [3.8, 4) is 17.1 Å². The number of imidazole rings is 1. The number of aromatic amines is 1. The van der Waals surface area contributed by atoms with Crippen molar-refractivity contribution in [2.45, 2.75) is 26.4 Å². The molecule has 1 N–H and O–H groups in total. The average Bonchev–Trinajstić information content (AvgIpc) is 3.20. The van der Waals surface area contributed by atoms with E-state index in [4.69, 9.17) is 4.98 Å². The molecule has 0 unspecified atom stereocenters. The van der Waals surface area contributed by atoms with Crippen molar-refractivity contribution in [2.75, 3.05) is 6.54 Å². The first-order valence-corrected chi connectivity index (χ1v) is 10.0. The number of nitrogens with zero attached hydrogens (tertiary/aromatic N) is 5. The van der Waals surface area contributed by atoms with Gasteiger partial charge in [-0.2, -0.15) is 0 Å². The molecular weight excluding hydrogens is 376 g/mol. The van der Waals surface area contributed by atoms with Gasteiger partial charge in [-0.25, -0.2) is 9.97 Å². The van der Waals surface area contributed by atoms with E-state index in [1.165, 1.54) is 5.56 Å². The van der Waals surface area contributed by atoms with Crippen LogP contribution >= 0.6 is 0 Å². The number of aryl methyl sites for hydroxylation is 1. The monoisotopic (exact) mass is 398 g/mol. The SMILES string of the molecule is Cc1nccn1-c1ccc(CN2CCc3c(nc(-c4ccncc4)[nH]c3=O)C2)cc1. The lowest BCUT2D eigenvalue weighted by Gasteiger charge is -2.27. The first-order valence-electron chi connectivity index (χ1n) is 10.0. The predicted octanol–water partition coefficient (Wildman–Crippen LogP) is 2.88. The molecule has 0 amide bonds. The normalized spacial score (nSPS) is 13.9. The second-order valence-corrected chi connectivity index (χ2v) is 7.55. The lowest BCUT2D eigenvalue weighted by molar-refractivity contribution is 0.240. The molecule has 1 aromatic carbocycles. The second-order valence-electron chi connectivity index (χ2n) is 7.55. The zero-order valence-corrected chi connectivity index (χ0v) is 16.7. The van der Waals surface area contributed by atoms with E-state index >= 15 is 0 Å². The lowest BCUT2D eigenvalue weighted by atomic mass is 10.0. The summed E-state index contributed by atoms with van der Waals surface area (Å²) in [7, 11) is 0. The fourth-order valence-corrected chi connectivity index (χ4v) is 3.95. The molecule has 150 valence electrons. The van der Waals surface area contributed by atoms with Crippen LogP contribution in [0.1, 0.15) is 22.6 Å². The van der Waals surface area contributed by atoms with E-state index in [2.05, 4.69) is 48.7 Å². The second kappa shape index (κ2) is 7.68. The summed E-state index contributed by atoms with van der Waals surface area (Å²) in [5.74, 6) is 1.57. The van der Waals surface area contributed by atoms with Crippen LogP contribution in [0.15, 0.2) is 66.0 Å². The van der Waals surface area contributed by atoms with Gasteiger partial charge in [-0.3, -0.25) is 14.7 Å². The smallest absolute Gasteiger partial charge is 0.254 e. The van der Waals surface area contributed by atoms with Crippen LogP contribution in [-0.2, 0) is 19.5 Å². The van der Waals surface area contributed by atoms with Gasteiger partial charge in [0.1, 0.15) is 11.6 Å². The number of fused-ring (bicyclic) bond motifs is 1. The maximum Gasteiger partial charge on any atom is 0.254 e. The van der Waals surface area contributed by atoms with Gasteiger partial charge in [-0.15, -0.1) is 0 Å². The summed E-state index contributed by atoms with van der Waals surface area (Å²) < 4.78 is 2.07. The van der Waals surface area contributed by atoms with Crippen LogP contribution in [0.2, 0.25) is 0 Å². The Bertz CT molecular complexity index is 1230. The Morgan fingerprint density at radius 1 is 1.07 bits per heavy atom. The Morgan fingerprint density at radius 3 is 2.60 bits per heavy atom. The maximum absolute atomic E-state index is 12.6. The zero-order chi connectivity index (χ0) is 20.5. The molecule has 0 radical (unpaired) electrons. The summed E-state index contributed by atoms with van der Waals surface area (Å²) in [5, 5.41) is 0. The van der Waals surface area contributed by atoms with Crippen LogP contribution in [0.5, 0.6) is 0 Å². The highest BCUT2D eigenvalue weighted by Gasteiger charge is 2.21. The lowest BCUT2D eigenvalue weighted by Crippen LogP contribution is -2.35. The number of pyridine rings is 1. The molecule has 1 aliphatic heterocycles. The van der Waals surface area contributed by atoms with Gasteiger partial charge in [-0.1, -0.05) is 12.1 Å². The van der Waals surface area contributed by atoms with Crippen LogP contribution in [0.25, 0.3) is 17.1 Å². The molecular formula is C23H22N6O. The maximum atomic E-state index is 12.6. The summed E-state index contributed by atoms with van der Waals surface area (Å²) >= 11 is 0. The number of hydrogen-bond acceptors (Lipinski definition) is 5. The molecule has 7 nitrogen and oxygen atoms in total. The van der Waals surface area contributed by atoms with Crippen molar-refractivity contribution in [3.05, 3.63) is 94.2 Å². The van der Waals surface area contributed by atoms with Crippen LogP contribution in [0, 0.1) is 6.92 Å². The van der Waals surface area contributed by atoms with Gasteiger partial charge in [0.05, 0.1) is 5.69 Å². The first-order chi connectivity index (χ1) is 14.7. The summed E-state index contributed by atoms with van der Waals surface area (Å²) in [6.07, 6.45) is 7.89. The fourth-order valence-electron chi connectivity index (χ4n) is 3.95. The van der Waals surface area contributed by atoms with Crippen LogP contribution in [0.4, 0.5) is 0 Å². The van der Waals surface area contributed by atoms with Crippen LogP contribution in [0.3, 0.4) is 0 Å². The quantitative estimate of drug-likeness (QED) is 0.572. The topological polar surface area (TPSA) is 79.7 Å². The highest BCUT2D eigenvalue weighted by atomic mass is 16.1. The number of rotatable bonds is 4. The number of benzene rings is 1. The molecule has 0 bridgehead atoms. The fraction of sp³-hybridized carbons (Fsp3) is 0.217. The van der Waals surface area contributed by atoms with Gasteiger partial charge in [-0.05, 0) is 43.2 Å². The molecule has 3 aromatic heterocycles. The van der Waals surface area contributed by atoms with Crippen LogP contribution < -0.4 is 5.56 Å². The van der Waals surface area contributed by atoms with E-state index in [0.717, 1.165) is 41.4 Å². The minimum atomic E-state index is -0.0356.